The Kier molecular flexibility index (Phi) is 7.10. The van der Waals surface area contributed by atoms with Crippen molar-refractivity contribution >= 4 is 40.6 Å². The molecule has 1 saturated carbocycles. The van der Waals surface area contributed by atoms with Gasteiger partial charge in [0.2, 0.25) is 0 Å². The molecule has 5 nitrogen and oxygen atoms in total. The van der Waals surface area contributed by atoms with Crippen LogP contribution in [0.25, 0.3) is 6.08 Å². The minimum atomic E-state index is -0.372. The Hall–Kier alpha value is -2.86. The fourth-order valence-electron chi connectivity index (χ4n) is 4.23. The molecule has 0 spiro atoms. The minimum absolute atomic E-state index is 0.0201. The highest BCUT2D eigenvalue weighted by atomic mass is 32.2. The van der Waals surface area contributed by atoms with E-state index >= 15 is 0 Å². The Morgan fingerprint density at radius 3 is 2.53 bits per heavy atom. The highest BCUT2D eigenvalue weighted by molar-refractivity contribution is 8.18. The Bertz CT molecular complexity index is 1050. The molecule has 166 valence electrons. The van der Waals surface area contributed by atoms with Crippen LogP contribution in [-0.2, 0) is 16.0 Å². The SMILES string of the molecule is CCc1ccccc1N=C1S/C(=C/c2ccc(C(=O)OC)cc2)C(=O)N1C1CCCCC1. The molecule has 1 heterocycles. The lowest BCUT2D eigenvalue weighted by Gasteiger charge is -2.30. The number of ether oxygens (including phenoxy) is 1. The molecule has 0 N–H and O–H groups in total. The van der Waals surface area contributed by atoms with Gasteiger partial charge in [-0.25, -0.2) is 9.79 Å². The second-order valence-corrected chi connectivity index (χ2v) is 9.08. The fourth-order valence-corrected chi connectivity index (χ4v) is 5.28. The number of aryl methyl sites for hydroxylation is 1. The van der Waals surface area contributed by atoms with Gasteiger partial charge in [-0.15, -0.1) is 0 Å². The van der Waals surface area contributed by atoms with Crippen LogP contribution in [0.4, 0.5) is 5.69 Å². The Labute approximate surface area is 193 Å². The van der Waals surface area contributed by atoms with Gasteiger partial charge in [0.25, 0.3) is 5.91 Å². The van der Waals surface area contributed by atoms with Crippen molar-refractivity contribution in [1.29, 1.82) is 0 Å². The number of rotatable bonds is 5. The van der Waals surface area contributed by atoms with E-state index < -0.39 is 0 Å². The molecule has 1 aliphatic carbocycles. The number of thioether (sulfide) groups is 1. The van der Waals surface area contributed by atoms with Gasteiger partial charge in [-0.3, -0.25) is 9.69 Å². The number of amides is 1. The van der Waals surface area contributed by atoms with Crippen molar-refractivity contribution in [1.82, 2.24) is 4.90 Å². The van der Waals surface area contributed by atoms with Crippen LogP contribution in [-0.4, -0.2) is 35.1 Å². The first-order valence-corrected chi connectivity index (χ1v) is 12.0. The van der Waals surface area contributed by atoms with E-state index in [4.69, 9.17) is 9.73 Å². The van der Waals surface area contributed by atoms with E-state index in [9.17, 15) is 9.59 Å². The number of carbonyl (C=O) groups is 2. The first-order chi connectivity index (χ1) is 15.6. The van der Waals surface area contributed by atoms with Gasteiger partial charge >= 0.3 is 5.97 Å². The number of methoxy groups -OCH3 is 1. The maximum Gasteiger partial charge on any atom is 0.337 e. The summed E-state index contributed by atoms with van der Waals surface area (Å²) in [7, 11) is 1.36. The zero-order valence-electron chi connectivity index (χ0n) is 18.5. The van der Waals surface area contributed by atoms with Gasteiger partial charge < -0.3 is 4.74 Å². The number of aliphatic imine (C=N–C) groups is 1. The molecule has 2 aromatic rings. The van der Waals surface area contributed by atoms with E-state index in [1.165, 1.54) is 30.9 Å². The van der Waals surface area contributed by atoms with Gasteiger partial charge in [0.05, 0.1) is 23.3 Å². The molecule has 4 rings (SSSR count). The first-order valence-electron chi connectivity index (χ1n) is 11.2. The molecule has 6 heteroatoms. The van der Waals surface area contributed by atoms with E-state index in [1.54, 1.807) is 12.1 Å². The van der Waals surface area contributed by atoms with E-state index in [2.05, 4.69) is 13.0 Å². The molecule has 32 heavy (non-hydrogen) atoms. The topological polar surface area (TPSA) is 59.0 Å². The van der Waals surface area contributed by atoms with E-state index in [1.807, 2.05) is 41.3 Å². The largest absolute Gasteiger partial charge is 0.465 e. The summed E-state index contributed by atoms with van der Waals surface area (Å²) < 4.78 is 4.76. The molecular formula is C26H28N2O3S. The zero-order valence-corrected chi connectivity index (χ0v) is 19.4. The molecule has 0 unspecified atom stereocenters. The van der Waals surface area contributed by atoms with Crippen molar-refractivity contribution in [3.63, 3.8) is 0 Å². The molecular weight excluding hydrogens is 420 g/mol. The maximum absolute atomic E-state index is 13.5. The summed E-state index contributed by atoms with van der Waals surface area (Å²) in [6.45, 7) is 2.12. The van der Waals surface area contributed by atoms with E-state index in [0.717, 1.165) is 48.5 Å². The average molecular weight is 449 g/mol. The molecule has 0 radical (unpaired) electrons. The first kappa shape index (κ1) is 22.3. The summed E-state index contributed by atoms with van der Waals surface area (Å²) in [5.41, 5.74) is 3.46. The van der Waals surface area contributed by atoms with Gasteiger partial charge in [-0.2, -0.15) is 0 Å². The fraction of sp³-hybridized carbons (Fsp3) is 0.346. The number of para-hydroxylation sites is 1. The lowest BCUT2D eigenvalue weighted by Crippen LogP contribution is -2.40. The van der Waals surface area contributed by atoms with Crippen LogP contribution in [0.3, 0.4) is 0 Å². The van der Waals surface area contributed by atoms with E-state index in [0.29, 0.717) is 10.5 Å². The average Bonchev–Trinajstić information content (AvgIpc) is 3.14. The molecule has 2 fully saturated rings. The van der Waals surface area contributed by atoms with Crippen molar-refractivity contribution in [2.75, 3.05) is 7.11 Å². The summed E-state index contributed by atoms with van der Waals surface area (Å²) in [6.07, 6.45) is 8.33. The number of amidine groups is 1. The summed E-state index contributed by atoms with van der Waals surface area (Å²) in [4.78, 5) is 32.7. The number of nitrogens with zero attached hydrogens (tertiary/aromatic N) is 2. The normalized spacial score (nSPS) is 19.7. The van der Waals surface area contributed by atoms with Crippen molar-refractivity contribution in [2.45, 2.75) is 51.5 Å². The van der Waals surface area contributed by atoms with Crippen molar-refractivity contribution in [3.8, 4) is 0 Å². The Morgan fingerprint density at radius 2 is 1.84 bits per heavy atom. The maximum atomic E-state index is 13.5. The lowest BCUT2D eigenvalue weighted by atomic mass is 9.94. The van der Waals surface area contributed by atoms with Gasteiger partial charge in [0.1, 0.15) is 0 Å². The van der Waals surface area contributed by atoms with Crippen LogP contribution in [0.2, 0.25) is 0 Å². The number of hydrogen-bond donors (Lipinski definition) is 0. The molecule has 0 aromatic heterocycles. The second-order valence-electron chi connectivity index (χ2n) is 8.07. The monoisotopic (exact) mass is 448 g/mol. The number of carbonyl (C=O) groups excluding carboxylic acids is 2. The third-order valence-electron chi connectivity index (χ3n) is 5.99. The molecule has 2 aromatic carbocycles. The Morgan fingerprint density at radius 1 is 1.12 bits per heavy atom. The molecule has 1 amide bonds. The Balaban J connectivity index is 1.68. The molecule has 2 aliphatic rings. The van der Waals surface area contributed by atoms with E-state index in [-0.39, 0.29) is 17.9 Å². The van der Waals surface area contributed by atoms with Crippen molar-refractivity contribution < 1.29 is 14.3 Å². The third kappa shape index (κ3) is 4.80. The number of esters is 1. The highest BCUT2D eigenvalue weighted by Gasteiger charge is 2.38. The van der Waals surface area contributed by atoms with Crippen LogP contribution in [0, 0.1) is 0 Å². The summed E-state index contributed by atoms with van der Waals surface area (Å²) in [5.74, 6) is -0.352. The van der Waals surface area contributed by atoms with Gasteiger partial charge in [0.15, 0.2) is 5.17 Å². The standard InChI is InChI=1S/C26H28N2O3S/c1-3-19-9-7-8-12-22(19)27-26-28(21-10-5-4-6-11-21)24(29)23(32-26)17-18-13-15-20(16-14-18)25(30)31-2/h7-9,12-17,21H,3-6,10-11H2,1-2H3/b23-17+,27-26?. The lowest BCUT2D eigenvalue weighted by molar-refractivity contribution is -0.124. The van der Waals surface area contributed by atoms with Crippen LogP contribution < -0.4 is 0 Å². The van der Waals surface area contributed by atoms with Crippen LogP contribution in [0.5, 0.6) is 0 Å². The molecule has 0 bridgehead atoms. The minimum Gasteiger partial charge on any atom is -0.465 e. The molecule has 1 saturated heterocycles. The summed E-state index contributed by atoms with van der Waals surface area (Å²) in [5, 5.41) is 0.764. The van der Waals surface area contributed by atoms with Gasteiger partial charge in [0, 0.05) is 6.04 Å². The van der Waals surface area contributed by atoms with Gasteiger partial charge in [-0.05, 0) is 66.4 Å². The number of hydrogen-bond acceptors (Lipinski definition) is 5. The van der Waals surface area contributed by atoms with Crippen LogP contribution in [0.1, 0.15) is 60.5 Å². The second kappa shape index (κ2) is 10.2. The smallest absolute Gasteiger partial charge is 0.337 e. The van der Waals surface area contributed by atoms with Crippen molar-refractivity contribution in [2.24, 2.45) is 4.99 Å². The quantitative estimate of drug-likeness (QED) is 0.417. The highest BCUT2D eigenvalue weighted by Crippen LogP contribution is 2.39. The third-order valence-corrected chi connectivity index (χ3v) is 6.98. The van der Waals surface area contributed by atoms with Crippen LogP contribution in [0.15, 0.2) is 58.4 Å². The number of benzene rings is 2. The summed E-state index contributed by atoms with van der Waals surface area (Å²) in [6, 6.07) is 15.4. The predicted octanol–water partition coefficient (Wildman–Crippen LogP) is 5.97. The zero-order chi connectivity index (χ0) is 22.5. The summed E-state index contributed by atoms with van der Waals surface area (Å²) >= 11 is 1.44. The molecule has 1 aliphatic heterocycles. The van der Waals surface area contributed by atoms with Gasteiger partial charge in [-0.1, -0.05) is 56.5 Å². The van der Waals surface area contributed by atoms with Crippen molar-refractivity contribution in [3.05, 3.63) is 70.1 Å². The van der Waals surface area contributed by atoms with Crippen LogP contribution >= 0.6 is 11.8 Å². The molecule has 0 atom stereocenters. The predicted molar refractivity (Wildman–Crippen MR) is 130 cm³/mol.